The number of anilines is 2. The number of nitrogens with one attached hydrogen (secondary N) is 1. The van der Waals surface area contributed by atoms with E-state index in [1.165, 1.54) is 11.8 Å². The molecule has 128 valence electrons. The Morgan fingerprint density at radius 3 is 2.44 bits per heavy atom. The smallest absolute Gasteiger partial charge is 0.226 e. The van der Waals surface area contributed by atoms with Crippen LogP contribution in [0.4, 0.5) is 11.4 Å². The highest BCUT2D eigenvalue weighted by atomic mass is 35.5. The van der Waals surface area contributed by atoms with E-state index in [2.05, 4.69) is 5.32 Å². The molecule has 7 heteroatoms. The number of rotatable bonds is 5. The maximum Gasteiger partial charge on any atom is 0.226 e. The van der Waals surface area contributed by atoms with Crippen LogP contribution in [0.1, 0.15) is 18.9 Å². The lowest BCUT2D eigenvalue weighted by molar-refractivity contribution is -0.117. The van der Waals surface area contributed by atoms with E-state index in [0.717, 1.165) is 0 Å². The van der Waals surface area contributed by atoms with Crippen molar-refractivity contribution in [1.29, 1.82) is 5.26 Å². The summed E-state index contributed by atoms with van der Waals surface area (Å²) in [5.74, 6) is -0.493. The molecule has 0 unspecified atom stereocenters. The molecule has 1 N–H and O–H groups in total. The summed E-state index contributed by atoms with van der Waals surface area (Å²) in [6, 6.07) is 13.4. The minimum absolute atomic E-state index is 0.0838. The number of nitrogens with zero attached hydrogens (tertiary/aromatic N) is 2. The lowest BCUT2D eigenvalue weighted by Crippen LogP contribution is -2.32. The first-order valence-electron chi connectivity index (χ1n) is 7.43. The van der Waals surface area contributed by atoms with Crippen molar-refractivity contribution in [2.45, 2.75) is 13.3 Å². The van der Waals surface area contributed by atoms with Crippen LogP contribution < -0.4 is 10.2 Å². The molecule has 0 saturated heterocycles. The summed E-state index contributed by atoms with van der Waals surface area (Å²) in [7, 11) is 0. The van der Waals surface area contributed by atoms with Gasteiger partial charge in [0, 0.05) is 41.3 Å². The molecule has 0 bridgehead atoms. The van der Waals surface area contributed by atoms with E-state index in [0.29, 0.717) is 27.0 Å². The van der Waals surface area contributed by atoms with Gasteiger partial charge in [-0.2, -0.15) is 5.26 Å². The molecule has 2 aromatic carbocycles. The summed E-state index contributed by atoms with van der Waals surface area (Å²) < 4.78 is 0. The van der Waals surface area contributed by atoms with Gasteiger partial charge in [0.05, 0.1) is 11.6 Å². The van der Waals surface area contributed by atoms with Crippen molar-refractivity contribution >= 4 is 46.4 Å². The molecule has 0 spiro atoms. The van der Waals surface area contributed by atoms with Crippen LogP contribution in [0.2, 0.25) is 10.0 Å². The summed E-state index contributed by atoms with van der Waals surface area (Å²) >= 11 is 11.9. The van der Waals surface area contributed by atoms with Gasteiger partial charge in [0.15, 0.2) is 0 Å². The van der Waals surface area contributed by atoms with Gasteiger partial charge >= 0.3 is 0 Å². The average Bonchev–Trinajstić information content (AvgIpc) is 2.54. The molecule has 0 atom stereocenters. The zero-order valence-electron chi connectivity index (χ0n) is 13.4. The SMILES string of the molecule is CC(=O)N(CCC(=O)Nc1cccc(C#N)c1)c1cc(Cl)cc(Cl)c1. The Hall–Kier alpha value is -2.55. The summed E-state index contributed by atoms with van der Waals surface area (Å²) in [5, 5.41) is 12.4. The predicted octanol–water partition coefficient (Wildman–Crippen LogP) is 4.25. The standard InChI is InChI=1S/C18H15Cl2N3O2/c1-12(24)23(17-9-14(19)8-15(20)10-17)6-5-18(25)22-16-4-2-3-13(7-16)11-21/h2-4,7-10H,5-6H2,1H3,(H,22,25). The summed E-state index contributed by atoms with van der Waals surface area (Å²) in [4.78, 5) is 25.4. The highest BCUT2D eigenvalue weighted by Crippen LogP contribution is 2.25. The van der Waals surface area contributed by atoms with E-state index < -0.39 is 0 Å². The second-order valence-electron chi connectivity index (χ2n) is 5.29. The van der Waals surface area contributed by atoms with E-state index >= 15 is 0 Å². The normalized spacial score (nSPS) is 10.0. The van der Waals surface area contributed by atoms with E-state index in [9.17, 15) is 9.59 Å². The van der Waals surface area contributed by atoms with Gasteiger partial charge in [-0.1, -0.05) is 29.3 Å². The molecule has 0 radical (unpaired) electrons. The van der Waals surface area contributed by atoms with Crippen molar-refractivity contribution in [3.05, 3.63) is 58.1 Å². The molecule has 0 aliphatic rings. The maximum atomic E-state index is 12.1. The first kappa shape index (κ1) is 18.8. The zero-order chi connectivity index (χ0) is 18.4. The Balaban J connectivity index is 2.04. The van der Waals surface area contributed by atoms with Crippen molar-refractivity contribution in [3.8, 4) is 6.07 Å². The number of hydrogen-bond acceptors (Lipinski definition) is 3. The van der Waals surface area contributed by atoms with Gasteiger partial charge in [-0.15, -0.1) is 0 Å². The number of nitriles is 1. The topological polar surface area (TPSA) is 73.2 Å². The average molecular weight is 376 g/mol. The predicted molar refractivity (Wildman–Crippen MR) is 98.9 cm³/mol. The second-order valence-corrected chi connectivity index (χ2v) is 6.16. The van der Waals surface area contributed by atoms with Gasteiger partial charge in [-0.05, 0) is 36.4 Å². The molecule has 0 aliphatic heterocycles. The molecule has 0 aliphatic carbocycles. The monoisotopic (exact) mass is 375 g/mol. The van der Waals surface area contributed by atoms with Gasteiger partial charge in [0.1, 0.15) is 0 Å². The molecule has 0 fully saturated rings. The molecular formula is C18H15Cl2N3O2. The van der Waals surface area contributed by atoms with Crippen molar-refractivity contribution in [3.63, 3.8) is 0 Å². The lowest BCUT2D eigenvalue weighted by atomic mass is 10.2. The van der Waals surface area contributed by atoms with E-state index in [1.807, 2.05) is 6.07 Å². The van der Waals surface area contributed by atoms with Gasteiger partial charge in [0.25, 0.3) is 0 Å². The molecule has 25 heavy (non-hydrogen) atoms. The summed E-state index contributed by atoms with van der Waals surface area (Å²) in [6.45, 7) is 1.58. The van der Waals surface area contributed by atoms with Crippen LogP contribution >= 0.6 is 23.2 Å². The molecule has 5 nitrogen and oxygen atoms in total. The maximum absolute atomic E-state index is 12.1. The van der Waals surface area contributed by atoms with Crippen molar-refractivity contribution < 1.29 is 9.59 Å². The second kappa shape index (κ2) is 8.52. The number of carbonyl (C=O) groups excluding carboxylic acids is 2. The van der Waals surface area contributed by atoms with E-state index in [-0.39, 0.29) is 24.8 Å². The van der Waals surface area contributed by atoms with E-state index in [4.69, 9.17) is 28.5 Å². The Kier molecular flexibility index (Phi) is 6.40. The lowest BCUT2D eigenvalue weighted by Gasteiger charge is -2.21. The Morgan fingerprint density at radius 1 is 1.16 bits per heavy atom. The van der Waals surface area contributed by atoms with Crippen LogP contribution in [0.3, 0.4) is 0 Å². The summed E-state index contributed by atoms with van der Waals surface area (Å²) in [5.41, 5.74) is 1.52. The van der Waals surface area contributed by atoms with Crippen LogP contribution in [0, 0.1) is 11.3 Å². The zero-order valence-corrected chi connectivity index (χ0v) is 14.9. The van der Waals surface area contributed by atoms with Gasteiger partial charge in [0.2, 0.25) is 11.8 Å². The van der Waals surface area contributed by atoms with Crippen LogP contribution in [0.15, 0.2) is 42.5 Å². The largest absolute Gasteiger partial charge is 0.326 e. The third-order valence-corrected chi connectivity index (χ3v) is 3.81. The van der Waals surface area contributed by atoms with Crippen LogP contribution in [0.25, 0.3) is 0 Å². The fourth-order valence-electron chi connectivity index (χ4n) is 2.27. The first-order valence-corrected chi connectivity index (χ1v) is 8.19. The highest BCUT2D eigenvalue weighted by molar-refractivity contribution is 6.35. The van der Waals surface area contributed by atoms with Gasteiger partial charge in [-0.25, -0.2) is 0 Å². The molecule has 0 aromatic heterocycles. The highest BCUT2D eigenvalue weighted by Gasteiger charge is 2.15. The van der Waals surface area contributed by atoms with Crippen LogP contribution in [-0.2, 0) is 9.59 Å². The molecule has 2 amide bonds. The molecule has 2 aromatic rings. The minimum Gasteiger partial charge on any atom is -0.326 e. The fraction of sp³-hybridized carbons (Fsp3) is 0.167. The quantitative estimate of drug-likeness (QED) is 0.848. The van der Waals surface area contributed by atoms with Crippen LogP contribution in [0.5, 0.6) is 0 Å². The summed E-state index contributed by atoms with van der Waals surface area (Å²) in [6.07, 6.45) is 0.0838. The molecule has 2 rings (SSSR count). The van der Waals surface area contributed by atoms with Crippen LogP contribution in [-0.4, -0.2) is 18.4 Å². The molecule has 0 heterocycles. The van der Waals surface area contributed by atoms with Gasteiger partial charge in [-0.3, -0.25) is 9.59 Å². The number of carbonyl (C=O) groups is 2. The fourth-order valence-corrected chi connectivity index (χ4v) is 2.78. The Morgan fingerprint density at radius 2 is 1.84 bits per heavy atom. The molecule has 0 saturated carbocycles. The number of benzene rings is 2. The third kappa shape index (κ3) is 5.49. The Labute approximate surface area is 155 Å². The number of halogens is 2. The molecular weight excluding hydrogens is 361 g/mol. The first-order chi connectivity index (χ1) is 11.9. The van der Waals surface area contributed by atoms with Crippen molar-refractivity contribution in [2.75, 3.05) is 16.8 Å². The van der Waals surface area contributed by atoms with E-state index in [1.54, 1.807) is 42.5 Å². The minimum atomic E-state index is -0.269. The number of amides is 2. The van der Waals surface area contributed by atoms with Crippen molar-refractivity contribution in [2.24, 2.45) is 0 Å². The third-order valence-electron chi connectivity index (χ3n) is 3.38. The van der Waals surface area contributed by atoms with Crippen molar-refractivity contribution in [1.82, 2.24) is 0 Å². The Bertz CT molecular complexity index is 826. The number of hydrogen-bond donors (Lipinski definition) is 1. The van der Waals surface area contributed by atoms with Gasteiger partial charge < -0.3 is 10.2 Å².